The number of carbonyl (C=O) groups is 1. The zero-order valence-corrected chi connectivity index (χ0v) is 11.0. The first-order chi connectivity index (χ1) is 8.81. The van der Waals surface area contributed by atoms with Crippen LogP contribution in [0.4, 0.5) is 0 Å². The van der Waals surface area contributed by atoms with Gasteiger partial charge >= 0.3 is 0 Å². The molecule has 1 unspecified atom stereocenters. The highest BCUT2D eigenvalue weighted by molar-refractivity contribution is 5.78. The van der Waals surface area contributed by atoms with E-state index < -0.39 is 0 Å². The van der Waals surface area contributed by atoms with E-state index >= 15 is 0 Å². The van der Waals surface area contributed by atoms with Gasteiger partial charge in [0, 0.05) is 26.0 Å². The van der Waals surface area contributed by atoms with Crippen LogP contribution in [-0.4, -0.2) is 23.6 Å². The van der Waals surface area contributed by atoms with Crippen molar-refractivity contribution in [2.24, 2.45) is 0 Å². The van der Waals surface area contributed by atoms with E-state index in [4.69, 9.17) is 4.74 Å². The topological polar surface area (TPSA) is 29.5 Å². The molecule has 0 N–H and O–H groups in total. The Kier molecular flexibility index (Phi) is 4.76. The lowest BCUT2D eigenvalue weighted by Crippen LogP contribution is -2.34. The monoisotopic (exact) mass is 247 g/mol. The zero-order chi connectivity index (χ0) is 12.8. The molecule has 1 aliphatic heterocycles. The average molecular weight is 247 g/mol. The highest BCUT2D eigenvalue weighted by Crippen LogP contribution is 2.22. The average Bonchev–Trinajstić information content (AvgIpc) is 2.73. The number of hydrogen-bond acceptors (Lipinski definition) is 2. The molecule has 1 fully saturated rings. The van der Waals surface area contributed by atoms with Crippen LogP contribution in [0.2, 0.25) is 0 Å². The maximum absolute atomic E-state index is 11.9. The van der Waals surface area contributed by atoms with Gasteiger partial charge in [-0.15, -0.1) is 0 Å². The number of carbonyl (C=O) groups excluding carboxylic acids is 1. The smallest absolute Gasteiger partial charge is 0.225 e. The normalized spacial score (nSPS) is 19.5. The van der Waals surface area contributed by atoms with Crippen LogP contribution < -0.4 is 0 Å². The van der Waals surface area contributed by atoms with Crippen molar-refractivity contribution >= 4 is 5.91 Å². The molecule has 1 amide bonds. The number of unbranched alkanes of at least 4 members (excludes halogenated alkanes) is 1. The Morgan fingerprint density at radius 3 is 2.83 bits per heavy atom. The molecule has 0 saturated carbocycles. The van der Waals surface area contributed by atoms with Crippen molar-refractivity contribution in [2.45, 2.75) is 45.4 Å². The standard InChI is InChI=1S/C15H21NO2/c1-2-3-11-18-15-10-9-14(17)16(15)12-13-7-5-4-6-8-13/h4-8,15H,2-3,9-12H2,1H3. The van der Waals surface area contributed by atoms with E-state index in [1.165, 1.54) is 0 Å². The SMILES string of the molecule is CCCCOC1CCC(=O)N1Cc1ccccc1. The summed E-state index contributed by atoms with van der Waals surface area (Å²) in [4.78, 5) is 13.7. The summed E-state index contributed by atoms with van der Waals surface area (Å²) in [5.74, 6) is 0.209. The Bertz CT molecular complexity index is 377. The maximum atomic E-state index is 11.9. The molecule has 1 aliphatic rings. The fourth-order valence-electron chi connectivity index (χ4n) is 2.21. The van der Waals surface area contributed by atoms with Crippen LogP contribution in [0.25, 0.3) is 0 Å². The lowest BCUT2D eigenvalue weighted by molar-refractivity contribution is -0.137. The number of rotatable bonds is 6. The number of nitrogens with zero attached hydrogens (tertiary/aromatic N) is 1. The molecular formula is C15H21NO2. The molecule has 1 saturated heterocycles. The predicted molar refractivity (Wildman–Crippen MR) is 70.9 cm³/mol. The van der Waals surface area contributed by atoms with E-state index in [2.05, 4.69) is 19.1 Å². The first kappa shape index (κ1) is 13.1. The van der Waals surface area contributed by atoms with Crippen molar-refractivity contribution in [2.75, 3.05) is 6.61 Å². The summed E-state index contributed by atoms with van der Waals surface area (Å²) >= 11 is 0. The van der Waals surface area contributed by atoms with Crippen LogP contribution in [-0.2, 0) is 16.1 Å². The molecule has 18 heavy (non-hydrogen) atoms. The fraction of sp³-hybridized carbons (Fsp3) is 0.533. The fourth-order valence-corrected chi connectivity index (χ4v) is 2.21. The third-order valence-electron chi connectivity index (χ3n) is 3.28. The summed E-state index contributed by atoms with van der Waals surface area (Å²) in [6.45, 7) is 3.56. The van der Waals surface area contributed by atoms with E-state index in [0.717, 1.165) is 31.4 Å². The van der Waals surface area contributed by atoms with Crippen molar-refractivity contribution in [3.8, 4) is 0 Å². The number of hydrogen-bond donors (Lipinski definition) is 0. The Labute approximate surface area is 109 Å². The second-order valence-corrected chi connectivity index (χ2v) is 4.72. The van der Waals surface area contributed by atoms with Gasteiger partial charge < -0.3 is 9.64 Å². The third-order valence-corrected chi connectivity index (χ3v) is 3.28. The largest absolute Gasteiger partial charge is 0.358 e. The van der Waals surface area contributed by atoms with Gasteiger partial charge in [0.15, 0.2) is 0 Å². The van der Waals surface area contributed by atoms with Crippen LogP contribution in [0, 0.1) is 0 Å². The van der Waals surface area contributed by atoms with Crippen molar-refractivity contribution in [1.82, 2.24) is 4.90 Å². The van der Waals surface area contributed by atoms with Crippen LogP contribution in [0.3, 0.4) is 0 Å². The highest BCUT2D eigenvalue weighted by atomic mass is 16.5. The van der Waals surface area contributed by atoms with E-state index in [0.29, 0.717) is 13.0 Å². The quantitative estimate of drug-likeness (QED) is 0.723. The van der Waals surface area contributed by atoms with Gasteiger partial charge in [0.25, 0.3) is 0 Å². The van der Waals surface area contributed by atoms with Crippen LogP contribution in [0.1, 0.15) is 38.2 Å². The summed E-state index contributed by atoms with van der Waals surface area (Å²) in [7, 11) is 0. The van der Waals surface area contributed by atoms with Gasteiger partial charge in [0.1, 0.15) is 6.23 Å². The molecule has 1 atom stereocenters. The number of amides is 1. The van der Waals surface area contributed by atoms with Crippen LogP contribution in [0.15, 0.2) is 30.3 Å². The van der Waals surface area contributed by atoms with E-state index in [-0.39, 0.29) is 12.1 Å². The molecule has 0 bridgehead atoms. The maximum Gasteiger partial charge on any atom is 0.225 e. The van der Waals surface area contributed by atoms with Crippen molar-refractivity contribution in [3.05, 3.63) is 35.9 Å². The van der Waals surface area contributed by atoms with Gasteiger partial charge in [-0.1, -0.05) is 43.7 Å². The third kappa shape index (κ3) is 3.33. The summed E-state index contributed by atoms with van der Waals surface area (Å²) in [6, 6.07) is 10.1. The number of likely N-dealkylation sites (tertiary alicyclic amines) is 1. The first-order valence-corrected chi connectivity index (χ1v) is 6.76. The molecule has 0 spiro atoms. The Hall–Kier alpha value is -1.35. The molecule has 3 nitrogen and oxygen atoms in total. The molecule has 1 aromatic rings. The van der Waals surface area contributed by atoms with Crippen LogP contribution >= 0.6 is 0 Å². The number of benzene rings is 1. The molecule has 2 rings (SSSR count). The van der Waals surface area contributed by atoms with Gasteiger partial charge in [0.2, 0.25) is 5.91 Å². The van der Waals surface area contributed by atoms with E-state index in [1.807, 2.05) is 23.1 Å². The summed E-state index contributed by atoms with van der Waals surface area (Å²) in [6.07, 6.45) is 3.60. The Balaban J connectivity index is 1.93. The molecule has 1 aromatic carbocycles. The molecule has 1 heterocycles. The molecule has 0 aromatic heterocycles. The van der Waals surface area contributed by atoms with Gasteiger partial charge in [-0.2, -0.15) is 0 Å². The van der Waals surface area contributed by atoms with Gasteiger partial charge in [-0.25, -0.2) is 0 Å². The Morgan fingerprint density at radius 2 is 2.11 bits per heavy atom. The van der Waals surface area contributed by atoms with Gasteiger partial charge in [0.05, 0.1) is 0 Å². The minimum atomic E-state index is -0.0238. The molecule has 0 aliphatic carbocycles. The molecular weight excluding hydrogens is 226 g/mol. The van der Waals surface area contributed by atoms with E-state index in [1.54, 1.807) is 0 Å². The first-order valence-electron chi connectivity index (χ1n) is 6.76. The van der Waals surface area contributed by atoms with Crippen molar-refractivity contribution in [1.29, 1.82) is 0 Å². The van der Waals surface area contributed by atoms with Gasteiger partial charge in [-0.3, -0.25) is 4.79 Å². The molecule has 3 heteroatoms. The zero-order valence-electron chi connectivity index (χ0n) is 11.0. The van der Waals surface area contributed by atoms with Crippen LogP contribution in [0.5, 0.6) is 0 Å². The second kappa shape index (κ2) is 6.55. The predicted octanol–water partition coefficient (Wildman–Crippen LogP) is 2.95. The summed E-state index contributed by atoms with van der Waals surface area (Å²) in [5.41, 5.74) is 1.16. The molecule has 0 radical (unpaired) electrons. The lowest BCUT2D eigenvalue weighted by Gasteiger charge is -2.25. The minimum Gasteiger partial charge on any atom is -0.358 e. The Morgan fingerprint density at radius 1 is 1.33 bits per heavy atom. The molecule has 98 valence electrons. The minimum absolute atomic E-state index is 0.0238. The van der Waals surface area contributed by atoms with Crippen molar-refractivity contribution in [3.63, 3.8) is 0 Å². The number of ether oxygens (including phenoxy) is 1. The summed E-state index contributed by atoms with van der Waals surface area (Å²) in [5, 5.41) is 0. The highest BCUT2D eigenvalue weighted by Gasteiger charge is 2.31. The summed E-state index contributed by atoms with van der Waals surface area (Å²) < 4.78 is 5.80. The van der Waals surface area contributed by atoms with Crippen molar-refractivity contribution < 1.29 is 9.53 Å². The van der Waals surface area contributed by atoms with E-state index in [9.17, 15) is 4.79 Å². The second-order valence-electron chi connectivity index (χ2n) is 4.72. The van der Waals surface area contributed by atoms with Gasteiger partial charge in [-0.05, 0) is 12.0 Å². The lowest BCUT2D eigenvalue weighted by atomic mass is 10.2.